The first-order valence-corrected chi connectivity index (χ1v) is 9.98. The smallest absolute Gasteiger partial charge is 0.449 e. The van der Waals surface area contributed by atoms with Crippen LogP contribution >= 0.6 is 11.6 Å². The number of imidazole rings is 1. The van der Waals surface area contributed by atoms with Crippen LogP contribution in [0.4, 0.5) is 13.2 Å². The third kappa shape index (κ3) is 3.34. The minimum atomic E-state index is -4.68. The molecule has 0 atom stereocenters. The molecule has 160 valence electrons. The summed E-state index contributed by atoms with van der Waals surface area (Å²) >= 11 is 6.24. The normalized spacial score (nSPS) is 16.0. The standard InChI is InChI=1S/C20H19ClF3N3O3/c1-3-27-17-13(21)8-12-14(29)9-15(11-4-6-26(7-5-11)10(2)28)30-18(12)16(17)25-19(27)20(22,23)24/h8-9,11H,3-7H2,1-2H3. The molecular formula is C20H19ClF3N3O3. The number of rotatable bonds is 2. The number of carbonyl (C=O) groups excluding carboxylic acids is 1. The SMILES string of the molecule is CCn1c(C(F)(F)F)nc2c3oc(C4CCN(C(C)=O)CC4)cc(=O)c3cc(Cl)c21. The molecule has 30 heavy (non-hydrogen) atoms. The van der Waals surface area contributed by atoms with Crippen LogP contribution in [0.2, 0.25) is 5.02 Å². The average molecular weight is 442 g/mol. The fourth-order valence-corrected chi connectivity index (χ4v) is 4.39. The van der Waals surface area contributed by atoms with Crippen LogP contribution in [-0.2, 0) is 17.5 Å². The van der Waals surface area contributed by atoms with Crippen LogP contribution in [0.3, 0.4) is 0 Å². The van der Waals surface area contributed by atoms with Crippen LogP contribution in [0.15, 0.2) is 21.3 Å². The first-order chi connectivity index (χ1) is 14.1. The van der Waals surface area contributed by atoms with E-state index in [0.717, 1.165) is 4.57 Å². The molecule has 0 unspecified atom stereocenters. The van der Waals surface area contributed by atoms with Crippen LogP contribution in [0.25, 0.3) is 22.0 Å². The van der Waals surface area contributed by atoms with Gasteiger partial charge in [-0.25, -0.2) is 4.98 Å². The summed E-state index contributed by atoms with van der Waals surface area (Å²) in [5.74, 6) is -0.829. The molecule has 1 saturated heterocycles. The maximum Gasteiger partial charge on any atom is 0.449 e. The molecule has 6 nitrogen and oxygen atoms in total. The van der Waals surface area contributed by atoms with Crippen molar-refractivity contribution in [2.45, 2.75) is 45.3 Å². The molecule has 1 amide bonds. The van der Waals surface area contributed by atoms with E-state index in [1.165, 1.54) is 19.1 Å². The van der Waals surface area contributed by atoms with E-state index >= 15 is 0 Å². The quantitative estimate of drug-likeness (QED) is 0.584. The summed E-state index contributed by atoms with van der Waals surface area (Å²) in [5.41, 5.74) is -0.371. The average Bonchev–Trinajstić information content (AvgIpc) is 3.10. The minimum absolute atomic E-state index is 0.00333. The number of likely N-dealkylation sites (tertiary alicyclic amines) is 1. The number of piperidine rings is 1. The summed E-state index contributed by atoms with van der Waals surface area (Å²) in [4.78, 5) is 29.7. The van der Waals surface area contributed by atoms with Gasteiger partial charge in [-0.1, -0.05) is 11.6 Å². The molecule has 3 aromatic rings. The highest BCUT2D eigenvalue weighted by Crippen LogP contribution is 2.38. The number of nitrogens with zero attached hydrogens (tertiary/aromatic N) is 3. The van der Waals surface area contributed by atoms with E-state index in [0.29, 0.717) is 31.7 Å². The zero-order chi connectivity index (χ0) is 21.8. The number of carbonyl (C=O) groups is 1. The van der Waals surface area contributed by atoms with Crippen LogP contribution in [0, 0.1) is 0 Å². The Bertz CT molecular complexity index is 1210. The Morgan fingerprint density at radius 2 is 1.97 bits per heavy atom. The molecule has 0 N–H and O–H groups in total. The number of aromatic nitrogens is 2. The molecular weight excluding hydrogens is 423 g/mol. The molecule has 3 heterocycles. The predicted molar refractivity (Wildman–Crippen MR) is 106 cm³/mol. The Balaban J connectivity index is 1.90. The molecule has 1 aliphatic heterocycles. The van der Waals surface area contributed by atoms with Gasteiger partial charge >= 0.3 is 6.18 Å². The predicted octanol–water partition coefficient (Wildman–Crippen LogP) is 4.56. The minimum Gasteiger partial charge on any atom is -0.458 e. The topological polar surface area (TPSA) is 68.3 Å². The molecule has 2 aromatic heterocycles. The van der Waals surface area contributed by atoms with Crippen molar-refractivity contribution in [3.05, 3.63) is 39.0 Å². The van der Waals surface area contributed by atoms with E-state index in [4.69, 9.17) is 16.0 Å². The largest absolute Gasteiger partial charge is 0.458 e. The van der Waals surface area contributed by atoms with Crippen LogP contribution in [0.5, 0.6) is 0 Å². The van der Waals surface area contributed by atoms with E-state index in [9.17, 15) is 22.8 Å². The van der Waals surface area contributed by atoms with Gasteiger partial charge in [0, 0.05) is 38.5 Å². The lowest BCUT2D eigenvalue weighted by Gasteiger charge is -2.30. The number of benzene rings is 1. The zero-order valence-corrected chi connectivity index (χ0v) is 17.1. The Labute approximate surface area is 174 Å². The van der Waals surface area contributed by atoms with Crippen LogP contribution < -0.4 is 5.43 Å². The number of alkyl halides is 3. The Morgan fingerprint density at radius 1 is 1.30 bits per heavy atom. The molecule has 0 saturated carbocycles. The van der Waals surface area contributed by atoms with Crippen molar-refractivity contribution in [3.63, 3.8) is 0 Å². The summed E-state index contributed by atoms with van der Waals surface area (Å²) in [6, 6.07) is 2.70. The highest BCUT2D eigenvalue weighted by Gasteiger charge is 2.38. The molecule has 4 rings (SSSR count). The Morgan fingerprint density at radius 3 is 2.53 bits per heavy atom. The van der Waals surface area contributed by atoms with E-state index in [1.54, 1.807) is 11.8 Å². The molecule has 0 aliphatic carbocycles. The molecule has 1 aliphatic rings. The van der Waals surface area contributed by atoms with Gasteiger partial charge in [0.15, 0.2) is 11.0 Å². The van der Waals surface area contributed by atoms with Gasteiger partial charge < -0.3 is 13.9 Å². The molecule has 0 bridgehead atoms. The van der Waals surface area contributed by atoms with Gasteiger partial charge in [0.05, 0.1) is 15.9 Å². The van der Waals surface area contributed by atoms with Gasteiger partial charge in [0.2, 0.25) is 11.7 Å². The number of hydrogen-bond donors (Lipinski definition) is 0. The number of amides is 1. The maximum atomic E-state index is 13.5. The summed E-state index contributed by atoms with van der Waals surface area (Å²) in [6.45, 7) is 4.12. The van der Waals surface area contributed by atoms with Crippen molar-refractivity contribution in [3.8, 4) is 0 Å². The van der Waals surface area contributed by atoms with Crippen LogP contribution in [-0.4, -0.2) is 33.4 Å². The van der Waals surface area contributed by atoms with E-state index in [1.807, 2.05) is 0 Å². The van der Waals surface area contributed by atoms with Gasteiger partial charge in [-0.15, -0.1) is 0 Å². The molecule has 0 radical (unpaired) electrons. The van der Waals surface area contributed by atoms with Crippen molar-refractivity contribution in [2.75, 3.05) is 13.1 Å². The van der Waals surface area contributed by atoms with Crippen molar-refractivity contribution < 1.29 is 22.4 Å². The van der Waals surface area contributed by atoms with Crippen LogP contribution in [0.1, 0.15) is 44.2 Å². The lowest BCUT2D eigenvalue weighted by atomic mass is 9.93. The van der Waals surface area contributed by atoms with Crippen molar-refractivity contribution in [1.82, 2.24) is 14.5 Å². The van der Waals surface area contributed by atoms with E-state index in [2.05, 4.69) is 4.98 Å². The second-order valence-electron chi connectivity index (χ2n) is 7.40. The van der Waals surface area contributed by atoms with Gasteiger partial charge in [-0.2, -0.15) is 13.2 Å². The molecule has 0 spiro atoms. The number of halogens is 4. The van der Waals surface area contributed by atoms with Gasteiger partial charge in [-0.05, 0) is 25.8 Å². The second-order valence-corrected chi connectivity index (χ2v) is 7.81. The van der Waals surface area contributed by atoms with Gasteiger partial charge in [0.25, 0.3) is 0 Å². The van der Waals surface area contributed by atoms with Crippen molar-refractivity contribution >= 4 is 39.5 Å². The highest BCUT2D eigenvalue weighted by atomic mass is 35.5. The summed E-state index contributed by atoms with van der Waals surface area (Å²) < 4.78 is 47.5. The highest BCUT2D eigenvalue weighted by molar-refractivity contribution is 6.36. The first kappa shape index (κ1) is 20.7. The van der Waals surface area contributed by atoms with Crippen molar-refractivity contribution in [2.24, 2.45) is 0 Å². The number of aryl methyl sites for hydroxylation is 1. The summed E-state index contributed by atoms with van der Waals surface area (Å²) in [5, 5.41) is 0.101. The fraction of sp³-hybridized carbons (Fsp3) is 0.450. The van der Waals surface area contributed by atoms with E-state index < -0.39 is 12.0 Å². The lowest BCUT2D eigenvalue weighted by Crippen LogP contribution is -2.36. The molecule has 1 aromatic carbocycles. The fourth-order valence-electron chi connectivity index (χ4n) is 4.09. The van der Waals surface area contributed by atoms with Crippen molar-refractivity contribution in [1.29, 1.82) is 0 Å². The second kappa shape index (κ2) is 7.30. The first-order valence-electron chi connectivity index (χ1n) is 9.61. The van der Waals surface area contributed by atoms with E-state index in [-0.39, 0.29) is 50.8 Å². The lowest BCUT2D eigenvalue weighted by molar-refractivity contribution is -0.146. The molecule has 1 fully saturated rings. The molecule has 10 heteroatoms. The Kier molecular flexibility index (Phi) is 5.04. The van der Waals surface area contributed by atoms with Gasteiger partial charge in [-0.3, -0.25) is 9.59 Å². The monoisotopic (exact) mass is 441 g/mol. The number of hydrogen-bond acceptors (Lipinski definition) is 4. The summed E-state index contributed by atoms with van der Waals surface area (Å²) in [7, 11) is 0. The zero-order valence-electron chi connectivity index (χ0n) is 16.3. The Hall–Kier alpha value is -2.55. The summed E-state index contributed by atoms with van der Waals surface area (Å²) in [6.07, 6.45) is -3.48. The third-order valence-corrected chi connectivity index (χ3v) is 5.88. The maximum absolute atomic E-state index is 13.5. The number of fused-ring (bicyclic) bond motifs is 3. The van der Waals surface area contributed by atoms with Gasteiger partial charge in [0.1, 0.15) is 11.3 Å². The third-order valence-electron chi connectivity index (χ3n) is 5.60.